The fourth-order valence-electron chi connectivity index (χ4n) is 2.99. The highest BCUT2D eigenvalue weighted by atomic mass is 16.5. The van der Waals surface area contributed by atoms with Gasteiger partial charge in [-0.15, -0.1) is 0 Å². The fraction of sp³-hybridized carbons (Fsp3) is 1.00. The van der Waals surface area contributed by atoms with Gasteiger partial charge in [-0.2, -0.15) is 0 Å². The maximum absolute atomic E-state index is 6.02. The van der Waals surface area contributed by atoms with Gasteiger partial charge in [0.1, 0.15) is 0 Å². The Balaban J connectivity index is 2.60. The Hall–Kier alpha value is -0.120. The zero-order valence-electron chi connectivity index (χ0n) is 12.0. The topological polar surface area (TPSA) is 38.5 Å². The third-order valence-corrected chi connectivity index (χ3v) is 3.88. The van der Waals surface area contributed by atoms with Crippen LogP contribution in [0.15, 0.2) is 0 Å². The summed E-state index contributed by atoms with van der Waals surface area (Å²) >= 11 is 0. The molecule has 0 aromatic heterocycles. The van der Waals surface area contributed by atoms with Crippen molar-refractivity contribution in [3.8, 4) is 0 Å². The van der Waals surface area contributed by atoms with Crippen molar-refractivity contribution in [3.63, 3.8) is 0 Å². The molecule has 3 heteroatoms. The maximum Gasteiger partial charge on any atom is 0.0703 e. The molecule has 0 aromatic carbocycles. The third-order valence-electron chi connectivity index (χ3n) is 3.88. The van der Waals surface area contributed by atoms with Gasteiger partial charge in [-0.3, -0.25) is 4.90 Å². The van der Waals surface area contributed by atoms with Crippen LogP contribution >= 0.6 is 0 Å². The predicted molar refractivity (Wildman–Crippen MR) is 73.1 cm³/mol. The first kappa shape index (κ1) is 14.9. The highest BCUT2D eigenvalue weighted by molar-refractivity contribution is 4.89. The quantitative estimate of drug-likeness (QED) is 0.744. The number of nitrogens with zero attached hydrogens (tertiary/aromatic N) is 1. The molecule has 2 N–H and O–H groups in total. The van der Waals surface area contributed by atoms with E-state index in [0.717, 1.165) is 32.7 Å². The lowest BCUT2D eigenvalue weighted by molar-refractivity contribution is 0.0227. The zero-order valence-corrected chi connectivity index (χ0v) is 12.0. The molecule has 0 spiro atoms. The first-order valence-electron chi connectivity index (χ1n) is 7.08. The predicted octanol–water partition coefficient (Wildman–Crippen LogP) is 2.25. The zero-order chi connectivity index (χ0) is 12.9. The Morgan fingerprint density at radius 3 is 2.59 bits per heavy atom. The second kappa shape index (κ2) is 6.72. The minimum atomic E-state index is 0.120. The van der Waals surface area contributed by atoms with Crippen LogP contribution in [0.3, 0.4) is 0 Å². The Morgan fingerprint density at radius 2 is 2.18 bits per heavy atom. The normalized spacial score (nSPS) is 24.5. The van der Waals surface area contributed by atoms with E-state index in [1.807, 2.05) is 0 Å². The van der Waals surface area contributed by atoms with Crippen LogP contribution in [0.25, 0.3) is 0 Å². The highest BCUT2D eigenvalue weighted by Crippen LogP contribution is 2.25. The summed E-state index contributed by atoms with van der Waals surface area (Å²) in [5.41, 5.74) is 6.14. The van der Waals surface area contributed by atoms with Crippen LogP contribution in [-0.4, -0.2) is 42.8 Å². The van der Waals surface area contributed by atoms with E-state index in [1.54, 1.807) is 0 Å². The molecule has 1 fully saturated rings. The van der Waals surface area contributed by atoms with Crippen molar-refractivity contribution >= 4 is 0 Å². The van der Waals surface area contributed by atoms with Gasteiger partial charge in [-0.05, 0) is 38.6 Å². The maximum atomic E-state index is 6.02. The summed E-state index contributed by atoms with van der Waals surface area (Å²) in [4.78, 5) is 2.52. The van der Waals surface area contributed by atoms with E-state index in [0.29, 0.717) is 12.0 Å². The Kier molecular flexibility index (Phi) is 5.90. The Labute approximate surface area is 107 Å². The van der Waals surface area contributed by atoms with Crippen molar-refractivity contribution in [1.29, 1.82) is 0 Å². The molecule has 2 unspecified atom stereocenters. The van der Waals surface area contributed by atoms with Gasteiger partial charge in [0.15, 0.2) is 0 Å². The van der Waals surface area contributed by atoms with Crippen molar-refractivity contribution in [2.24, 2.45) is 11.7 Å². The van der Waals surface area contributed by atoms with E-state index in [4.69, 9.17) is 10.5 Å². The summed E-state index contributed by atoms with van der Waals surface area (Å²) in [7, 11) is 0. The molecule has 1 heterocycles. The van der Waals surface area contributed by atoms with Gasteiger partial charge >= 0.3 is 0 Å². The molecule has 1 saturated heterocycles. The standard InChI is InChI=1S/C14H30N2O/c1-5-16(10-13-7-6-8-17-13)14(4,11-15)9-12(2)3/h12-13H,5-11,15H2,1-4H3. The molecule has 0 aliphatic carbocycles. The summed E-state index contributed by atoms with van der Waals surface area (Å²) in [6.45, 7) is 12.8. The summed E-state index contributed by atoms with van der Waals surface area (Å²) in [6.07, 6.45) is 4.00. The van der Waals surface area contributed by atoms with Crippen LogP contribution in [0.5, 0.6) is 0 Å². The van der Waals surface area contributed by atoms with Crippen LogP contribution < -0.4 is 5.73 Å². The van der Waals surface area contributed by atoms with Crippen LogP contribution in [0.1, 0.15) is 47.0 Å². The first-order chi connectivity index (χ1) is 8.01. The number of rotatable bonds is 7. The summed E-state index contributed by atoms with van der Waals surface area (Å²) in [6, 6.07) is 0. The van der Waals surface area contributed by atoms with Gasteiger partial charge in [-0.1, -0.05) is 20.8 Å². The molecular weight excluding hydrogens is 212 g/mol. The molecule has 0 radical (unpaired) electrons. The average molecular weight is 242 g/mol. The number of ether oxygens (including phenoxy) is 1. The van der Waals surface area contributed by atoms with Crippen molar-refractivity contribution in [3.05, 3.63) is 0 Å². The smallest absolute Gasteiger partial charge is 0.0703 e. The Bertz CT molecular complexity index is 214. The third kappa shape index (κ3) is 4.23. The lowest BCUT2D eigenvalue weighted by Crippen LogP contribution is -2.54. The van der Waals surface area contributed by atoms with E-state index in [2.05, 4.69) is 32.6 Å². The van der Waals surface area contributed by atoms with E-state index >= 15 is 0 Å². The number of nitrogens with two attached hydrogens (primary N) is 1. The van der Waals surface area contributed by atoms with Crippen molar-refractivity contribution in [2.45, 2.75) is 58.6 Å². The minimum absolute atomic E-state index is 0.120. The number of likely N-dealkylation sites (N-methyl/N-ethyl adjacent to an activating group) is 1. The lowest BCUT2D eigenvalue weighted by atomic mass is 9.88. The minimum Gasteiger partial charge on any atom is -0.377 e. The van der Waals surface area contributed by atoms with Crippen LogP contribution in [-0.2, 0) is 4.74 Å². The van der Waals surface area contributed by atoms with Crippen molar-refractivity contribution < 1.29 is 4.74 Å². The molecule has 0 saturated carbocycles. The van der Waals surface area contributed by atoms with Crippen molar-refractivity contribution in [2.75, 3.05) is 26.2 Å². The summed E-state index contributed by atoms with van der Waals surface area (Å²) in [5.74, 6) is 0.682. The molecule has 0 aromatic rings. The molecule has 0 bridgehead atoms. The van der Waals surface area contributed by atoms with Crippen LogP contribution in [0.4, 0.5) is 0 Å². The van der Waals surface area contributed by atoms with Gasteiger partial charge in [-0.25, -0.2) is 0 Å². The fourth-order valence-corrected chi connectivity index (χ4v) is 2.99. The Morgan fingerprint density at radius 1 is 1.47 bits per heavy atom. The molecule has 1 rings (SSSR count). The molecule has 1 aliphatic heterocycles. The van der Waals surface area contributed by atoms with E-state index in [9.17, 15) is 0 Å². The largest absolute Gasteiger partial charge is 0.377 e. The SMILES string of the molecule is CCN(CC1CCCO1)C(C)(CN)CC(C)C. The molecule has 1 aliphatic rings. The molecule has 2 atom stereocenters. The molecule has 102 valence electrons. The number of hydrogen-bond acceptors (Lipinski definition) is 3. The first-order valence-corrected chi connectivity index (χ1v) is 7.08. The van der Waals surface area contributed by atoms with Gasteiger partial charge in [0, 0.05) is 25.2 Å². The van der Waals surface area contributed by atoms with Gasteiger partial charge < -0.3 is 10.5 Å². The van der Waals surface area contributed by atoms with Crippen LogP contribution in [0, 0.1) is 5.92 Å². The number of hydrogen-bond donors (Lipinski definition) is 1. The molecule has 17 heavy (non-hydrogen) atoms. The van der Waals surface area contributed by atoms with Gasteiger partial charge in [0.05, 0.1) is 6.10 Å². The van der Waals surface area contributed by atoms with E-state index in [-0.39, 0.29) is 5.54 Å². The second-order valence-corrected chi connectivity index (χ2v) is 5.97. The van der Waals surface area contributed by atoms with Crippen molar-refractivity contribution in [1.82, 2.24) is 4.90 Å². The van der Waals surface area contributed by atoms with Gasteiger partial charge in [0.25, 0.3) is 0 Å². The molecule has 3 nitrogen and oxygen atoms in total. The summed E-state index contributed by atoms with van der Waals surface area (Å²) < 4.78 is 5.75. The summed E-state index contributed by atoms with van der Waals surface area (Å²) in [5, 5.41) is 0. The van der Waals surface area contributed by atoms with E-state index in [1.165, 1.54) is 12.8 Å². The average Bonchev–Trinajstić information content (AvgIpc) is 2.77. The van der Waals surface area contributed by atoms with E-state index < -0.39 is 0 Å². The van der Waals surface area contributed by atoms with Gasteiger partial charge in [0.2, 0.25) is 0 Å². The molecular formula is C14H30N2O. The van der Waals surface area contributed by atoms with Crippen LogP contribution in [0.2, 0.25) is 0 Å². The lowest BCUT2D eigenvalue weighted by Gasteiger charge is -2.42. The second-order valence-electron chi connectivity index (χ2n) is 5.97. The highest BCUT2D eigenvalue weighted by Gasteiger charge is 2.32. The monoisotopic (exact) mass is 242 g/mol. The molecule has 0 amide bonds.